The summed E-state index contributed by atoms with van der Waals surface area (Å²) < 4.78 is 5.37. The lowest BCUT2D eigenvalue weighted by molar-refractivity contribution is 0.197. The summed E-state index contributed by atoms with van der Waals surface area (Å²) in [5.41, 5.74) is 3.03. The zero-order valence-electron chi connectivity index (χ0n) is 7.68. The number of hydrogen-bond acceptors (Lipinski definition) is 5. The fourth-order valence-corrected chi connectivity index (χ4v) is 1.89. The first-order valence-electron chi connectivity index (χ1n) is 4.75. The highest BCUT2D eigenvalue weighted by molar-refractivity contribution is 5.57. The van der Waals surface area contributed by atoms with Crippen LogP contribution in [0.15, 0.2) is 27.9 Å². The van der Waals surface area contributed by atoms with Crippen LogP contribution >= 0.6 is 0 Å². The number of hydrogen-bond donors (Lipinski definition) is 2. The van der Waals surface area contributed by atoms with Gasteiger partial charge in [0.25, 0.3) is 0 Å². The molecular formula is C9H12N4O. The Kier molecular flexibility index (Phi) is 1.70. The second-order valence-corrected chi connectivity index (χ2v) is 3.56. The number of furan rings is 1. The van der Waals surface area contributed by atoms with Gasteiger partial charge in [-0.15, -0.1) is 0 Å². The first-order valence-corrected chi connectivity index (χ1v) is 4.75. The van der Waals surface area contributed by atoms with Gasteiger partial charge >= 0.3 is 0 Å². The van der Waals surface area contributed by atoms with E-state index in [0.717, 1.165) is 18.8 Å². The minimum atomic E-state index is 0.271. The molecule has 14 heavy (non-hydrogen) atoms. The van der Waals surface area contributed by atoms with Crippen molar-refractivity contribution in [2.75, 3.05) is 13.1 Å². The molecule has 0 amide bonds. The standard InChI is InChI=1S/C9H12N4O/c1-2-8(14-3-1)7-5-13-6-11-12-9(13)4-10-7/h1-3,6-7,9-10,12H,4-5H2. The van der Waals surface area contributed by atoms with Crippen LogP contribution in [0.3, 0.4) is 0 Å². The number of piperazine rings is 1. The number of rotatable bonds is 1. The largest absolute Gasteiger partial charge is 0.468 e. The molecule has 5 nitrogen and oxygen atoms in total. The highest BCUT2D eigenvalue weighted by Gasteiger charge is 2.30. The maximum Gasteiger partial charge on any atom is 0.128 e. The molecule has 3 rings (SSSR count). The van der Waals surface area contributed by atoms with Crippen molar-refractivity contribution in [2.45, 2.75) is 12.2 Å². The van der Waals surface area contributed by atoms with Crippen LogP contribution in [-0.2, 0) is 0 Å². The van der Waals surface area contributed by atoms with Gasteiger partial charge in [0, 0.05) is 13.1 Å². The molecule has 0 bridgehead atoms. The van der Waals surface area contributed by atoms with Crippen molar-refractivity contribution in [2.24, 2.45) is 5.10 Å². The van der Waals surface area contributed by atoms with Gasteiger partial charge in [-0.2, -0.15) is 5.10 Å². The van der Waals surface area contributed by atoms with Crippen molar-refractivity contribution in [3.8, 4) is 0 Å². The second-order valence-electron chi connectivity index (χ2n) is 3.56. The van der Waals surface area contributed by atoms with E-state index in [4.69, 9.17) is 4.42 Å². The molecule has 2 aliphatic heterocycles. The Labute approximate surface area is 81.8 Å². The molecule has 0 saturated carbocycles. The van der Waals surface area contributed by atoms with Crippen molar-refractivity contribution in [1.29, 1.82) is 0 Å². The zero-order valence-corrected chi connectivity index (χ0v) is 7.68. The Balaban J connectivity index is 1.75. The molecule has 1 aromatic rings. The normalized spacial score (nSPS) is 30.1. The molecule has 0 aliphatic carbocycles. The third-order valence-corrected chi connectivity index (χ3v) is 2.67. The minimum Gasteiger partial charge on any atom is -0.468 e. The van der Waals surface area contributed by atoms with Crippen molar-refractivity contribution >= 4 is 6.34 Å². The fraction of sp³-hybridized carbons (Fsp3) is 0.444. The van der Waals surface area contributed by atoms with Gasteiger partial charge in [-0.3, -0.25) is 5.43 Å². The Hall–Kier alpha value is -1.49. The zero-order chi connectivity index (χ0) is 9.38. The van der Waals surface area contributed by atoms with Crippen LogP contribution in [-0.4, -0.2) is 30.5 Å². The van der Waals surface area contributed by atoms with E-state index in [2.05, 4.69) is 20.7 Å². The number of nitrogens with zero attached hydrogens (tertiary/aromatic N) is 2. The van der Waals surface area contributed by atoms with Gasteiger partial charge < -0.3 is 14.6 Å². The first-order chi connectivity index (χ1) is 6.93. The van der Waals surface area contributed by atoms with Gasteiger partial charge in [0.2, 0.25) is 0 Å². The van der Waals surface area contributed by atoms with Crippen LogP contribution in [0.5, 0.6) is 0 Å². The van der Waals surface area contributed by atoms with E-state index in [9.17, 15) is 0 Å². The summed E-state index contributed by atoms with van der Waals surface area (Å²) in [6, 6.07) is 4.19. The number of nitrogens with one attached hydrogen (secondary N) is 2. The average Bonchev–Trinajstić information content (AvgIpc) is 2.88. The summed E-state index contributed by atoms with van der Waals surface area (Å²) >= 11 is 0. The monoisotopic (exact) mass is 192 g/mol. The first kappa shape index (κ1) is 7.87. The van der Waals surface area contributed by atoms with Crippen molar-refractivity contribution in [3.63, 3.8) is 0 Å². The van der Waals surface area contributed by atoms with Crippen LogP contribution in [0, 0.1) is 0 Å². The molecule has 1 fully saturated rings. The maximum atomic E-state index is 5.37. The molecule has 3 heterocycles. The summed E-state index contributed by atoms with van der Waals surface area (Å²) in [5, 5.41) is 7.44. The summed E-state index contributed by atoms with van der Waals surface area (Å²) in [4.78, 5) is 2.18. The lowest BCUT2D eigenvalue weighted by atomic mass is 10.1. The Morgan fingerprint density at radius 2 is 2.57 bits per heavy atom. The van der Waals surface area contributed by atoms with Crippen LogP contribution in [0.2, 0.25) is 0 Å². The van der Waals surface area contributed by atoms with Gasteiger partial charge in [0.05, 0.1) is 12.3 Å². The molecule has 2 N–H and O–H groups in total. The lowest BCUT2D eigenvalue weighted by Gasteiger charge is -2.34. The van der Waals surface area contributed by atoms with Gasteiger partial charge in [0.15, 0.2) is 0 Å². The topological polar surface area (TPSA) is 52.8 Å². The maximum absolute atomic E-state index is 5.37. The Morgan fingerprint density at radius 3 is 3.43 bits per heavy atom. The van der Waals surface area contributed by atoms with E-state index in [1.165, 1.54) is 0 Å². The third kappa shape index (κ3) is 1.17. The van der Waals surface area contributed by atoms with Crippen LogP contribution in [0.25, 0.3) is 0 Å². The average molecular weight is 192 g/mol. The van der Waals surface area contributed by atoms with Crippen LogP contribution in [0.4, 0.5) is 0 Å². The molecule has 0 aromatic carbocycles. The van der Waals surface area contributed by atoms with Gasteiger partial charge in [0.1, 0.15) is 18.3 Å². The Morgan fingerprint density at radius 1 is 1.57 bits per heavy atom. The van der Waals surface area contributed by atoms with Gasteiger partial charge in [-0.25, -0.2) is 0 Å². The van der Waals surface area contributed by atoms with E-state index >= 15 is 0 Å². The quantitative estimate of drug-likeness (QED) is 0.662. The van der Waals surface area contributed by atoms with Gasteiger partial charge in [-0.1, -0.05) is 0 Å². The predicted octanol–water partition coefficient (Wildman–Crippen LogP) is 0.0985. The van der Waals surface area contributed by atoms with Gasteiger partial charge in [-0.05, 0) is 12.1 Å². The highest BCUT2D eigenvalue weighted by Crippen LogP contribution is 2.19. The van der Waals surface area contributed by atoms with Crippen LogP contribution in [0.1, 0.15) is 11.8 Å². The van der Waals surface area contributed by atoms with Crippen LogP contribution < -0.4 is 10.7 Å². The SMILES string of the molecule is C1=NNC2CNC(c3ccco3)CN12. The minimum absolute atomic E-state index is 0.271. The van der Waals surface area contributed by atoms with Crippen molar-refractivity contribution < 1.29 is 4.42 Å². The third-order valence-electron chi connectivity index (χ3n) is 2.67. The molecule has 2 unspecified atom stereocenters. The number of fused-ring (bicyclic) bond motifs is 1. The number of hydrazone groups is 1. The molecule has 2 atom stereocenters. The summed E-state index contributed by atoms with van der Waals surface area (Å²) in [6.07, 6.45) is 3.86. The lowest BCUT2D eigenvalue weighted by Crippen LogP contribution is -2.53. The smallest absolute Gasteiger partial charge is 0.128 e. The molecular weight excluding hydrogens is 180 g/mol. The van der Waals surface area contributed by atoms with E-state index < -0.39 is 0 Å². The molecule has 1 aromatic heterocycles. The molecule has 1 saturated heterocycles. The second kappa shape index (κ2) is 3.02. The molecule has 0 radical (unpaired) electrons. The van der Waals surface area contributed by atoms with E-state index in [1.54, 1.807) is 6.26 Å². The highest BCUT2D eigenvalue weighted by atomic mass is 16.3. The van der Waals surface area contributed by atoms with E-state index in [-0.39, 0.29) is 6.04 Å². The Bertz CT molecular complexity index is 335. The summed E-state index contributed by atoms with van der Waals surface area (Å²) in [5.74, 6) is 0.990. The predicted molar refractivity (Wildman–Crippen MR) is 51.6 cm³/mol. The van der Waals surface area contributed by atoms with Crippen molar-refractivity contribution in [1.82, 2.24) is 15.6 Å². The summed E-state index contributed by atoms with van der Waals surface area (Å²) in [6.45, 7) is 1.78. The summed E-state index contributed by atoms with van der Waals surface area (Å²) in [7, 11) is 0. The molecule has 74 valence electrons. The molecule has 2 aliphatic rings. The molecule has 0 spiro atoms. The fourth-order valence-electron chi connectivity index (χ4n) is 1.89. The van der Waals surface area contributed by atoms with E-state index in [0.29, 0.717) is 6.17 Å². The van der Waals surface area contributed by atoms with Crippen molar-refractivity contribution in [3.05, 3.63) is 24.2 Å². The molecule has 5 heteroatoms. The van der Waals surface area contributed by atoms with E-state index in [1.807, 2.05) is 18.5 Å².